The summed E-state index contributed by atoms with van der Waals surface area (Å²) in [6.07, 6.45) is 0. The summed E-state index contributed by atoms with van der Waals surface area (Å²) in [7, 11) is 0. The number of aromatic amines is 1. The van der Waals surface area contributed by atoms with E-state index in [1.807, 2.05) is 54.6 Å². The van der Waals surface area contributed by atoms with Crippen LogP contribution in [-0.4, -0.2) is 19.7 Å². The molecule has 1 N–H and O–H groups in total. The van der Waals surface area contributed by atoms with E-state index in [4.69, 9.17) is 16.6 Å². The molecule has 0 aliphatic rings. The van der Waals surface area contributed by atoms with Crippen LogP contribution >= 0.6 is 27.5 Å². The first-order valence-corrected chi connectivity index (χ1v) is 10.4. The summed E-state index contributed by atoms with van der Waals surface area (Å²) in [5, 5.41) is 7.88. The lowest BCUT2D eigenvalue weighted by Crippen LogP contribution is -2.22. The third-order valence-electron chi connectivity index (χ3n) is 4.82. The van der Waals surface area contributed by atoms with Crippen molar-refractivity contribution in [3.8, 4) is 28.3 Å². The van der Waals surface area contributed by atoms with E-state index in [1.54, 1.807) is 28.8 Å². The molecule has 0 saturated carbocycles. The predicted octanol–water partition coefficient (Wildman–Crippen LogP) is 5.86. The standard InChI is InChI=1S/C23H14BrClN4O/c24-16-8-6-15(7-9-16)22-26-20-19(14-4-2-1-3-5-14)27-28-21(20)23(30)29(22)18-12-10-17(25)11-13-18/h1-13H,(H,27,28). The SMILES string of the molecule is O=c1c2[nH]nc(-c3ccccc3)c2nc(-c2ccc(Br)cc2)n1-c1ccc(Cl)cc1. The van der Waals surface area contributed by atoms with Crippen molar-refractivity contribution < 1.29 is 0 Å². The second-order valence-electron chi connectivity index (χ2n) is 6.72. The van der Waals surface area contributed by atoms with Gasteiger partial charge in [0.25, 0.3) is 5.56 Å². The second-order valence-corrected chi connectivity index (χ2v) is 8.07. The van der Waals surface area contributed by atoms with Crippen LogP contribution in [0.4, 0.5) is 0 Å². The number of benzene rings is 3. The Morgan fingerprint density at radius 3 is 2.27 bits per heavy atom. The van der Waals surface area contributed by atoms with Gasteiger partial charge in [0.1, 0.15) is 17.0 Å². The molecule has 3 aromatic carbocycles. The second kappa shape index (κ2) is 7.55. The van der Waals surface area contributed by atoms with Gasteiger partial charge in [-0.05, 0) is 36.4 Å². The predicted molar refractivity (Wildman–Crippen MR) is 123 cm³/mol. The molecule has 5 nitrogen and oxygen atoms in total. The number of nitrogens with zero attached hydrogens (tertiary/aromatic N) is 3. The van der Waals surface area contributed by atoms with Gasteiger partial charge in [-0.1, -0.05) is 70.0 Å². The molecule has 2 aromatic heterocycles. The Morgan fingerprint density at radius 1 is 0.867 bits per heavy atom. The highest BCUT2D eigenvalue weighted by Gasteiger charge is 2.19. The lowest BCUT2D eigenvalue weighted by Gasteiger charge is -2.13. The van der Waals surface area contributed by atoms with Crippen molar-refractivity contribution in [2.24, 2.45) is 0 Å². The third kappa shape index (κ3) is 3.24. The maximum absolute atomic E-state index is 13.5. The lowest BCUT2D eigenvalue weighted by molar-refractivity contribution is 0.968. The number of H-pyrrole nitrogens is 1. The summed E-state index contributed by atoms with van der Waals surface area (Å²) in [4.78, 5) is 18.4. The van der Waals surface area contributed by atoms with E-state index in [9.17, 15) is 4.79 Å². The van der Waals surface area contributed by atoms with E-state index >= 15 is 0 Å². The van der Waals surface area contributed by atoms with Gasteiger partial charge < -0.3 is 0 Å². The molecule has 0 saturated heterocycles. The molecule has 30 heavy (non-hydrogen) atoms. The largest absolute Gasteiger partial charge is 0.284 e. The number of nitrogens with one attached hydrogen (secondary N) is 1. The van der Waals surface area contributed by atoms with Gasteiger partial charge in [-0.2, -0.15) is 5.10 Å². The van der Waals surface area contributed by atoms with Crippen LogP contribution < -0.4 is 5.56 Å². The molecule has 5 rings (SSSR count). The molecule has 0 unspecified atom stereocenters. The summed E-state index contributed by atoms with van der Waals surface area (Å²) < 4.78 is 2.52. The average molecular weight is 478 g/mol. The van der Waals surface area contributed by atoms with Gasteiger partial charge in [-0.25, -0.2) is 4.98 Å². The highest BCUT2D eigenvalue weighted by atomic mass is 79.9. The van der Waals surface area contributed by atoms with Gasteiger partial charge in [0.2, 0.25) is 0 Å². The molecule has 2 heterocycles. The van der Waals surface area contributed by atoms with E-state index in [0.29, 0.717) is 33.3 Å². The van der Waals surface area contributed by atoms with Crippen LogP contribution in [-0.2, 0) is 0 Å². The Bertz CT molecular complexity index is 1410. The van der Waals surface area contributed by atoms with Crippen molar-refractivity contribution in [1.82, 2.24) is 19.7 Å². The fraction of sp³-hybridized carbons (Fsp3) is 0. The Kier molecular flexibility index (Phi) is 4.73. The van der Waals surface area contributed by atoms with Gasteiger partial charge in [-0.3, -0.25) is 14.5 Å². The van der Waals surface area contributed by atoms with Crippen LogP contribution in [0.2, 0.25) is 5.02 Å². The van der Waals surface area contributed by atoms with Gasteiger partial charge in [0.05, 0.1) is 5.69 Å². The molecule has 0 atom stereocenters. The minimum Gasteiger partial charge on any atom is -0.270 e. The Hall–Kier alpha value is -3.22. The summed E-state index contributed by atoms with van der Waals surface area (Å²) in [6.45, 7) is 0. The molecule has 0 fully saturated rings. The number of hydrogen-bond donors (Lipinski definition) is 1. The quantitative estimate of drug-likeness (QED) is 0.354. The minimum absolute atomic E-state index is 0.227. The molecular weight excluding hydrogens is 464 g/mol. The molecule has 0 bridgehead atoms. The molecule has 0 spiro atoms. The maximum atomic E-state index is 13.5. The molecule has 0 amide bonds. The molecule has 0 aliphatic heterocycles. The number of aromatic nitrogens is 4. The lowest BCUT2D eigenvalue weighted by atomic mass is 10.1. The highest BCUT2D eigenvalue weighted by Crippen LogP contribution is 2.28. The van der Waals surface area contributed by atoms with E-state index in [-0.39, 0.29) is 5.56 Å². The zero-order valence-corrected chi connectivity index (χ0v) is 17.9. The zero-order chi connectivity index (χ0) is 20.7. The summed E-state index contributed by atoms with van der Waals surface area (Å²) >= 11 is 9.52. The van der Waals surface area contributed by atoms with Crippen LogP contribution in [0.15, 0.2) is 88.1 Å². The first kappa shape index (κ1) is 18.8. The first-order chi connectivity index (χ1) is 14.6. The summed E-state index contributed by atoms with van der Waals surface area (Å²) in [6, 6.07) is 24.5. The Labute approximate surface area is 185 Å². The molecule has 0 aliphatic carbocycles. The molecule has 7 heteroatoms. The first-order valence-electron chi connectivity index (χ1n) is 9.20. The van der Waals surface area contributed by atoms with Gasteiger partial charge in [0.15, 0.2) is 5.52 Å². The highest BCUT2D eigenvalue weighted by molar-refractivity contribution is 9.10. The normalized spacial score (nSPS) is 11.1. The van der Waals surface area contributed by atoms with Crippen LogP contribution in [0.25, 0.3) is 39.4 Å². The van der Waals surface area contributed by atoms with Gasteiger partial charge >= 0.3 is 0 Å². The zero-order valence-electron chi connectivity index (χ0n) is 15.5. The van der Waals surface area contributed by atoms with Crippen LogP contribution in [0.1, 0.15) is 0 Å². The number of hydrogen-bond acceptors (Lipinski definition) is 3. The molecule has 146 valence electrons. The van der Waals surface area contributed by atoms with Crippen molar-refractivity contribution in [3.05, 3.63) is 98.7 Å². The molecule has 5 aromatic rings. The topological polar surface area (TPSA) is 63.6 Å². The van der Waals surface area contributed by atoms with Crippen LogP contribution in [0, 0.1) is 0 Å². The summed E-state index contributed by atoms with van der Waals surface area (Å²) in [5.74, 6) is 0.529. The van der Waals surface area contributed by atoms with E-state index in [2.05, 4.69) is 26.1 Å². The third-order valence-corrected chi connectivity index (χ3v) is 5.60. The number of halogens is 2. The number of fused-ring (bicyclic) bond motifs is 1. The fourth-order valence-corrected chi connectivity index (χ4v) is 3.77. The Morgan fingerprint density at radius 2 is 1.57 bits per heavy atom. The molecule has 0 radical (unpaired) electrons. The van der Waals surface area contributed by atoms with Crippen LogP contribution in [0.3, 0.4) is 0 Å². The van der Waals surface area contributed by atoms with Crippen molar-refractivity contribution >= 4 is 38.6 Å². The van der Waals surface area contributed by atoms with Crippen LogP contribution in [0.5, 0.6) is 0 Å². The van der Waals surface area contributed by atoms with E-state index in [1.165, 1.54) is 0 Å². The average Bonchev–Trinajstić information content (AvgIpc) is 3.20. The van der Waals surface area contributed by atoms with Crippen molar-refractivity contribution in [2.75, 3.05) is 0 Å². The fourth-order valence-electron chi connectivity index (χ4n) is 3.38. The van der Waals surface area contributed by atoms with Gasteiger partial charge in [0, 0.05) is 20.6 Å². The van der Waals surface area contributed by atoms with Gasteiger partial charge in [-0.15, -0.1) is 0 Å². The maximum Gasteiger partial charge on any atom is 0.284 e. The van der Waals surface area contributed by atoms with Crippen molar-refractivity contribution in [1.29, 1.82) is 0 Å². The smallest absolute Gasteiger partial charge is 0.270 e. The van der Waals surface area contributed by atoms with E-state index in [0.717, 1.165) is 15.6 Å². The summed E-state index contributed by atoms with van der Waals surface area (Å²) in [5.41, 5.74) is 3.68. The monoisotopic (exact) mass is 476 g/mol. The number of rotatable bonds is 3. The minimum atomic E-state index is -0.227. The van der Waals surface area contributed by atoms with Crippen molar-refractivity contribution in [2.45, 2.75) is 0 Å². The Balaban J connectivity index is 1.85. The van der Waals surface area contributed by atoms with Crippen molar-refractivity contribution in [3.63, 3.8) is 0 Å². The van der Waals surface area contributed by atoms with E-state index < -0.39 is 0 Å². The molecular formula is C23H14BrClN4O.